The van der Waals surface area contributed by atoms with Gasteiger partial charge in [0.05, 0.1) is 0 Å². The Kier molecular flexibility index (Phi) is 4.66. The maximum atomic E-state index is 12.0. The van der Waals surface area contributed by atoms with E-state index in [9.17, 15) is 4.79 Å². The Bertz CT molecular complexity index is 860. The molecule has 0 aliphatic carbocycles. The number of hydrogen-bond donors (Lipinski definition) is 1. The van der Waals surface area contributed by atoms with Crippen LogP contribution in [-0.2, 0) is 6.42 Å². The number of anilines is 1. The predicted molar refractivity (Wildman–Crippen MR) is 90.6 cm³/mol. The molecule has 1 amide bonds. The molecule has 118 valence electrons. The molecule has 0 atom stereocenters. The quantitative estimate of drug-likeness (QED) is 0.731. The smallest absolute Gasteiger partial charge is 0.279 e. The van der Waals surface area contributed by atoms with Crippen molar-refractivity contribution < 1.29 is 9.32 Å². The summed E-state index contributed by atoms with van der Waals surface area (Å²) in [6, 6.07) is 6.89. The van der Waals surface area contributed by atoms with Gasteiger partial charge in [-0.3, -0.25) is 10.1 Å². The highest BCUT2D eigenvalue weighted by Gasteiger charge is 2.13. The fourth-order valence-electron chi connectivity index (χ4n) is 1.95. The summed E-state index contributed by atoms with van der Waals surface area (Å²) in [6.45, 7) is 1.72. The number of halogens is 2. The summed E-state index contributed by atoms with van der Waals surface area (Å²) in [5.74, 6) is 0.217. The zero-order valence-corrected chi connectivity index (χ0v) is 14.3. The average Bonchev–Trinajstić information content (AvgIpc) is 3.12. The zero-order chi connectivity index (χ0) is 16.4. The van der Waals surface area contributed by atoms with Crippen LogP contribution < -0.4 is 5.32 Å². The van der Waals surface area contributed by atoms with Gasteiger partial charge in [0, 0.05) is 33.6 Å². The molecule has 0 unspecified atom stereocenters. The fraction of sp³-hybridized carbons (Fsp3) is 0.133. The van der Waals surface area contributed by atoms with Crippen LogP contribution in [0.1, 0.15) is 26.7 Å². The van der Waals surface area contributed by atoms with Gasteiger partial charge in [-0.15, -0.1) is 11.3 Å². The molecule has 0 spiro atoms. The highest BCUT2D eigenvalue weighted by molar-refractivity contribution is 7.15. The molecular weight excluding hydrogens is 357 g/mol. The molecule has 8 heteroatoms. The van der Waals surface area contributed by atoms with Crippen molar-refractivity contribution in [3.63, 3.8) is 0 Å². The van der Waals surface area contributed by atoms with Crippen molar-refractivity contribution >= 4 is 45.6 Å². The van der Waals surface area contributed by atoms with Gasteiger partial charge < -0.3 is 4.52 Å². The fourth-order valence-corrected chi connectivity index (χ4v) is 3.16. The molecule has 3 rings (SSSR count). The third kappa shape index (κ3) is 3.90. The number of aryl methyl sites for hydroxylation is 1. The van der Waals surface area contributed by atoms with Crippen LogP contribution in [0.25, 0.3) is 0 Å². The van der Waals surface area contributed by atoms with Crippen molar-refractivity contribution in [1.29, 1.82) is 0 Å². The monoisotopic (exact) mass is 367 g/mol. The van der Waals surface area contributed by atoms with Gasteiger partial charge in [-0.1, -0.05) is 28.4 Å². The van der Waals surface area contributed by atoms with Gasteiger partial charge in [-0.05, 0) is 30.7 Å². The predicted octanol–water partition coefficient (Wildman–Crippen LogP) is 4.59. The normalized spacial score (nSPS) is 10.7. The molecule has 23 heavy (non-hydrogen) atoms. The third-order valence-corrected chi connectivity index (χ3v) is 4.52. The van der Waals surface area contributed by atoms with E-state index in [1.165, 1.54) is 11.3 Å². The van der Waals surface area contributed by atoms with E-state index in [1.807, 2.05) is 6.07 Å². The lowest BCUT2D eigenvalue weighted by Crippen LogP contribution is -2.11. The van der Waals surface area contributed by atoms with E-state index in [4.69, 9.17) is 27.7 Å². The van der Waals surface area contributed by atoms with Crippen LogP contribution in [-0.4, -0.2) is 16.0 Å². The van der Waals surface area contributed by atoms with Crippen LogP contribution in [0, 0.1) is 6.92 Å². The van der Waals surface area contributed by atoms with Crippen LogP contribution in [0.4, 0.5) is 5.13 Å². The van der Waals surface area contributed by atoms with Crippen LogP contribution >= 0.6 is 34.5 Å². The van der Waals surface area contributed by atoms with Crippen molar-refractivity contribution in [3.8, 4) is 0 Å². The van der Waals surface area contributed by atoms with E-state index < -0.39 is 0 Å². The largest absolute Gasteiger partial charge is 0.361 e. The van der Waals surface area contributed by atoms with E-state index in [0.717, 1.165) is 10.4 Å². The average molecular weight is 368 g/mol. The molecule has 0 saturated heterocycles. The number of thiazole rings is 1. The molecule has 0 radical (unpaired) electrons. The summed E-state index contributed by atoms with van der Waals surface area (Å²) in [7, 11) is 0. The van der Waals surface area contributed by atoms with E-state index in [2.05, 4.69) is 15.5 Å². The van der Waals surface area contributed by atoms with E-state index >= 15 is 0 Å². The number of aromatic nitrogens is 2. The molecule has 0 aliphatic rings. The molecule has 5 nitrogen and oxygen atoms in total. The van der Waals surface area contributed by atoms with Crippen molar-refractivity contribution in [2.75, 3.05) is 5.32 Å². The van der Waals surface area contributed by atoms with Gasteiger partial charge in [0.2, 0.25) is 0 Å². The molecular formula is C15H11Cl2N3O2S. The Morgan fingerprint density at radius 2 is 2.17 bits per heavy atom. The summed E-state index contributed by atoms with van der Waals surface area (Å²) in [5, 5.41) is 8.12. The van der Waals surface area contributed by atoms with E-state index in [0.29, 0.717) is 27.4 Å². The van der Waals surface area contributed by atoms with Crippen molar-refractivity contribution in [1.82, 2.24) is 10.1 Å². The van der Waals surface area contributed by atoms with Crippen LogP contribution in [0.3, 0.4) is 0 Å². The van der Waals surface area contributed by atoms with Crippen LogP contribution in [0.2, 0.25) is 10.0 Å². The molecule has 2 heterocycles. The first-order chi connectivity index (χ1) is 11.0. The molecule has 0 saturated carbocycles. The Hall–Kier alpha value is -1.89. The van der Waals surface area contributed by atoms with E-state index in [1.54, 1.807) is 31.3 Å². The standard InChI is InChI=1S/C15H11Cl2N3O2S/c1-8-4-13(20-22-8)14(21)19-15-18-7-11(23-15)6-9-5-10(16)2-3-12(9)17/h2-5,7H,6H2,1H3,(H,18,19,21). The number of carbonyl (C=O) groups excluding carboxylic acids is 1. The van der Waals surface area contributed by atoms with Gasteiger partial charge in [-0.25, -0.2) is 4.98 Å². The summed E-state index contributed by atoms with van der Waals surface area (Å²) in [6.07, 6.45) is 2.29. The summed E-state index contributed by atoms with van der Waals surface area (Å²) in [5.41, 5.74) is 1.13. The highest BCUT2D eigenvalue weighted by atomic mass is 35.5. The maximum absolute atomic E-state index is 12.0. The number of amides is 1. The van der Waals surface area contributed by atoms with E-state index in [-0.39, 0.29) is 11.6 Å². The van der Waals surface area contributed by atoms with Crippen molar-refractivity contribution in [2.45, 2.75) is 13.3 Å². The number of rotatable bonds is 4. The number of nitrogens with one attached hydrogen (secondary N) is 1. The summed E-state index contributed by atoms with van der Waals surface area (Å²) >= 11 is 13.5. The minimum atomic E-state index is -0.358. The summed E-state index contributed by atoms with van der Waals surface area (Å²) in [4.78, 5) is 17.1. The number of benzene rings is 1. The van der Waals surface area contributed by atoms with Crippen molar-refractivity contribution in [2.24, 2.45) is 0 Å². The molecule has 3 aromatic rings. The molecule has 0 bridgehead atoms. The number of nitrogens with zero attached hydrogens (tertiary/aromatic N) is 2. The second-order valence-electron chi connectivity index (χ2n) is 4.82. The minimum absolute atomic E-state index is 0.220. The van der Waals surface area contributed by atoms with Gasteiger partial charge in [0.1, 0.15) is 5.76 Å². The number of hydrogen-bond acceptors (Lipinski definition) is 5. The second-order valence-corrected chi connectivity index (χ2v) is 6.78. The molecule has 0 fully saturated rings. The molecule has 1 aromatic carbocycles. The lowest BCUT2D eigenvalue weighted by Gasteiger charge is -2.02. The topological polar surface area (TPSA) is 68.0 Å². The first-order valence-corrected chi connectivity index (χ1v) is 8.22. The molecule has 0 aliphatic heterocycles. The highest BCUT2D eigenvalue weighted by Crippen LogP contribution is 2.27. The Balaban J connectivity index is 1.70. The Morgan fingerprint density at radius 1 is 1.35 bits per heavy atom. The zero-order valence-electron chi connectivity index (χ0n) is 12.0. The van der Waals surface area contributed by atoms with Gasteiger partial charge >= 0.3 is 0 Å². The first-order valence-electron chi connectivity index (χ1n) is 6.64. The van der Waals surface area contributed by atoms with Crippen molar-refractivity contribution in [3.05, 3.63) is 62.4 Å². The summed E-state index contributed by atoms with van der Waals surface area (Å²) < 4.78 is 4.88. The third-order valence-electron chi connectivity index (χ3n) is 3.01. The SMILES string of the molecule is Cc1cc(C(=O)Nc2ncc(Cc3cc(Cl)ccc3Cl)s2)no1. The Morgan fingerprint density at radius 3 is 2.91 bits per heavy atom. The first kappa shape index (κ1) is 16.0. The van der Waals surface area contributed by atoms with Gasteiger partial charge in [0.15, 0.2) is 10.8 Å². The molecule has 1 N–H and O–H groups in total. The van der Waals surface area contributed by atoms with Crippen LogP contribution in [0.5, 0.6) is 0 Å². The minimum Gasteiger partial charge on any atom is -0.361 e. The lowest BCUT2D eigenvalue weighted by molar-refractivity contribution is 0.101. The van der Waals surface area contributed by atoms with Crippen LogP contribution in [0.15, 0.2) is 35.0 Å². The number of carbonyl (C=O) groups is 1. The second kappa shape index (κ2) is 6.70. The molecule has 2 aromatic heterocycles. The lowest BCUT2D eigenvalue weighted by atomic mass is 10.1. The maximum Gasteiger partial charge on any atom is 0.279 e. The Labute approximate surface area is 146 Å². The van der Waals surface area contributed by atoms with Gasteiger partial charge in [-0.2, -0.15) is 0 Å². The van der Waals surface area contributed by atoms with Gasteiger partial charge in [0.25, 0.3) is 5.91 Å².